The number of carbonyl (C=O) groups excluding carboxylic acids is 1. The van der Waals surface area contributed by atoms with Gasteiger partial charge < -0.3 is 10.1 Å². The molecule has 1 fully saturated rings. The molecule has 1 saturated heterocycles. The highest BCUT2D eigenvalue weighted by molar-refractivity contribution is 7.88. The van der Waals surface area contributed by atoms with E-state index in [1.54, 1.807) is 0 Å². The van der Waals surface area contributed by atoms with Crippen LogP contribution in [0.2, 0.25) is 0 Å². The molecule has 0 aromatic heterocycles. The van der Waals surface area contributed by atoms with Crippen LogP contribution >= 0.6 is 0 Å². The van der Waals surface area contributed by atoms with Crippen molar-refractivity contribution in [2.75, 3.05) is 39.1 Å². The molecule has 0 saturated carbocycles. The molecule has 0 aromatic carbocycles. The Hall–Kier alpha value is -0.660. The molecule has 112 valence electrons. The number of sulfonamides is 1. The number of amides is 1. The molecule has 1 N–H and O–H groups in total. The van der Waals surface area contributed by atoms with E-state index in [1.165, 1.54) is 10.6 Å². The Morgan fingerprint density at radius 1 is 1.47 bits per heavy atom. The maximum atomic E-state index is 11.9. The lowest BCUT2D eigenvalue weighted by Gasteiger charge is -2.30. The van der Waals surface area contributed by atoms with Gasteiger partial charge in [-0.2, -0.15) is 0 Å². The first-order chi connectivity index (χ1) is 8.95. The fourth-order valence-corrected chi connectivity index (χ4v) is 3.04. The Kier molecular flexibility index (Phi) is 6.74. The van der Waals surface area contributed by atoms with Crippen LogP contribution < -0.4 is 5.32 Å². The van der Waals surface area contributed by atoms with Crippen LogP contribution in [-0.4, -0.2) is 57.7 Å². The lowest BCUT2D eigenvalue weighted by molar-refractivity contribution is -0.126. The number of rotatable bonds is 7. The molecule has 0 aliphatic carbocycles. The molecule has 1 unspecified atom stereocenters. The number of nitrogens with zero attached hydrogens (tertiary/aromatic N) is 1. The smallest absolute Gasteiger partial charge is 0.224 e. The zero-order chi connectivity index (χ0) is 14.3. The summed E-state index contributed by atoms with van der Waals surface area (Å²) in [4.78, 5) is 11.9. The summed E-state index contributed by atoms with van der Waals surface area (Å²) in [6.45, 7) is 4.65. The largest absolute Gasteiger partial charge is 0.382 e. The number of hydrogen-bond donors (Lipinski definition) is 1. The topological polar surface area (TPSA) is 75.7 Å². The molecule has 1 aliphatic heterocycles. The monoisotopic (exact) mass is 292 g/mol. The highest BCUT2D eigenvalue weighted by Crippen LogP contribution is 2.18. The first-order valence-corrected chi connectivity index (χ1v) is 8.60. The van der Waals surface area contributed by atoms with E-state index in [0.29, 0.717) is 32.8 Å². The van der Waals surface area contributed by atoms with E-state index >= 15 is 0 Å². The summed E-state index contributed by atoms with van der Waals surface area (Å²) < 4.78 is 29.5. The van der Waals surface area contributed by atoms with Crippen molar-refractivity contribution in [3.63, 3.8) is 0 Å². The van der Waals surface area contributed by atoms with Gasteiger partial charge in [-0.25, -0.2) is 12.7 Å². The summed E-state index contributed by atoms with van der Waals surface area (Å²) >= 11 is 0. The molecule has 0 spiro atoms. The van der Waals surface area contributed by atoms with Gasteiger partial charge in [-0.1, -0.05) is 0 Å². The van der Waals surface area contributed by atoms with Gasteiger partial charge in [0, 0.05) is 32.8 Å². The third-order valence-electron chi connectivity index (χ3n) is 3.19. The van der Waals surface area contributed by atoms with Gasteiger partial charge in [-0.15, -0.1) is 0 Å². The van der Waals surface area contributed by atoms with Crippen LogP contribution in [0.4, 0.5) is 0 Å². The molecule has 1 atom stereocenters. The van der Waals surface area contributed by atoms with Crippen molar-refractivity contribution in [1.29, 1.82) is 0 Å². The van der Waals surface area contributed by atoms with Gasteiger partial charge in [0.05, 0.1) is 12.2 Å². The van der Waals surface area contributed by atoms with Crippen molar-refractivity contribution < 1.29 is 17.9 Å². The Labute approximate surface area is 115 Å². The summed E-state index contributed by atoms with van der Waals surface area (Å²) in [6, 6.07) is 0. The van der Waals surface area contributed by atoms with Crippen LogP contribution in [-0.2, 0) is 19.6 Å². The van der Waals surface area contributed by atoms with Crippen molar-refractivity contribution in [2.45, 2.75) is 26.2 Å². The summed E-state index contributed by atoms with van der Waals surface area (Å²) in [5, 5.41) is 2.84. The predicted molar refractivity (Wildman–Crippen MR) is 73.3 cm³/mol. The molecular weight excluding hydrogens is 268 g/mol. The molecule has 0 bridgehead atoms. The second-order valence-electron chi connectivity index (χ2n) is 4.80. The molecule has 0 radical (unpaired) electrons. The second-order valence-corrected chi connectivity index (χ2v) is 6.78. The summed E-state index contributed by atoms with van der Waals surface area (Å²) in [5.41, 5.74) is 0. The molecule has 1 rings (SSSR count). The molecule has 1 heterocycles. The van der Waals surface area contributed by atoms with Crippen LogP contribution in [0.15, 0.2) is 0 Å². The van der Waals surface area contributed by atoms with E-state index in [9.17, 15) is 13.2 Å². The van der Waals surface area contributed by atoms with Crippen molar-refractivity contribution >= 4 is 15.9 Å². The fourth-order valence-electron chi connectivity index (χ4n) is 2.13. The molecule has 19 heavy (non-hydrogen) atoms. The summed E-state index contributed by atoms with van der Waals surface area (Å²) in [6.07, 6.45) is 3.46. The van der Waals surface area contributed by atoms with Crippen molar-refractivity contribution in [3.05, 3.63) is 0 Å². The van der Waals surface area contributed by atoms with E-state index in [1.807, 2.05) is 6.92 Å². The van der Waals surface area contributed by atoms with Gasteiger partial charge >= 0.3 is 0 Å². The highest BCUT2D eigenvalue weighted by Gasteiger charge is 2.29. The Bertz CT molecular complexity index is 383. The lowest BCUT2D eigenvalue weighted by Crippen LogP contribution is -2.45. The van der Waals surface area contributed by atoms with Gasteiger partial charge in [-0.3, -0.25) is 4.79 Å². The Balaban J connectivity index is 2.32. The van der Waals surface area contributed by atoms with Crippen LogP contribution in [0.25, 0.3) is 0 Å². The van der Waals surface area contributed by atoms with Crippen molar-refractivity contribution in [3.8, 4) is 0 Å². The lowest BCUT2D eigenvalue weighted by atomic mass is 9.99. The summed E-state index contributed by atoms with van der Waals surface area (Å²) in [7, 11) is -3.19. The Morgan fingerprint density at radius 2 is 2.21 bits per heavy atom. The summed E-state index contributed by atoms with van der Waals surface area (Å²) in [5.74, 6) is -0.277. The number of hydrogen-bond acceptors (Lipinski definition) is 4. The van der Waals surface area contributed by atoms with Crippen LogP contribution in [0.3, 0.4) is 0 Å². The van der Waals surface area contributed by atoms with Crippen LogP contribution in [0, 0.1) is 5.92 Å². The maximum absolute atomic E-state index is 11.9. The van der Waals surface area contributed by atoms with Crippen LogP contribution in [0.1, 0.15) is 26.2 Å². The minimum atomic E-state index is -3.19. The maximum Gasteiger partial charge on any atom is 0.224 e. The standard InChI is InChI=1S/C12H24N2O4S/c1-3-18-9-5-7-13-12(15)11-6-4-8-14(10-11)19(2,16)17/h11H,3-10H2,1-2H3,(H,13,15). The van der Waals surface area contributed by atoms with Crippen molar-refractivity contribution in [1.82, 2.24) is 9.62 Å². The molecular formula is C12H24N2O4S. The van der Waals surface area contributed by atoms with Gasteiger partial charge in [0.15, 0.2) is 0 Å². The Morgan fingerprint density at radius 3 is 2.84 bits per heavy atom. The molecule has 1 amide bonds. The van der Waals surface area contributed by atoms with E-state index in [4.69, 9.17) is 4.74 Å². The normalized spacial score (nSPS) is 21.3. The minimum absolute atomic E-state index is 0.0511. The van der Waals surface area contributed by atoms with E-state index in [-0.39, 0.29) is 11.8 Å². The SMILES string of the molecule is CCOCCCNC(=O)C1CCCN(S(C)(=O)=O)C1. The zero-order valence-electron chi connectivity index (χ0n) is 11.7. The molecule has 0 aromatic rings. The number of ether oxygens (including phenoxy) is 1. The fraction of sp³-hybridized carbons (Fsp3) is 0.917. The van der Waals surface area contributed by atoms with Gasteiger partial charge in [0.1, 0.15) is 0 Å². The average molecular weight is 292 g/mol. The highest BCUT2D eigenvalue weighted by atomic mass is 32.2. The number of piperidine rings is 1. The third-order valence-corrected chi connectivity index (χ3v) is 4.46. The first-order valence-electron chi connectivity index (χ1n) is 6.75. The van der Waals surface area contributed by atoms with Gasteiger partial charge in [-0.05, 0) is 26.2 Å². The number of carbonyl (C=O) groups is 1. The van der Waals surface area contributed by atoms with Gasteiger partial charge in [0.25, 0.3) is 0 Å². The van der Waals surface area contributed by atoms with Crippen LogP contribution in [0.5, 0.6) is 0 Å². The van der Waals surface area contributed by atoms with Gasteiger partial charge in [0.2, 0.25) is 15.9 Å². The van der Waals surface area contributed by atoms with E-state index < -0.39 is 10.0 Å². The minimum Gasteiger partial charge on any atom is -0.382 e. The molecule has 1 aliphatic rings. The molecule has 7 heteroatoms. The van der Waals surface area contributed by atoms with E-state index in [2.05, 4.69) is 5.32 Å². The predicted octanol–water partition coefficient (Wildman–Crippen LogP) is 0.201. The first kappa shape index (κ1) is 16.4. The zero-order valence-corrected chi connectivity index (χ0v) is 12.5. The second kappa shape index (κ2) is 7.81. The average Bonchev–Trinajstić information content (AvgIpc) is 2.37. The van der Waals surface area contributed by atoms with E-state index in [0.717, 1.165) is 19.3 Å². The quantitative estimate of drug-likeness (QED) is 0.680. The third kappa shape index (κ3) is 5.88. The van der Waals surface area contributed by atoms with Crippen molar-refractivity contribution in [2.24, 2.45) is 5.92 Å². The number of nitrogens with one attached hydrogen (secondary N) is 1. The molecule has 6 nitrogen and oxygen atoms in total.